The lowest BCUT2D eigenvalue weighted by Crippen LogP contribution is -2.15. The van der Waals surface area contributed by atoms with Gasteiger partial charge < -0.3 is 19.5 Å². The van der Waals surface area contributed by atoms with Gasteiger partial charge >= 0.3 is 0 Å². The number of aromatic nitrogens is 2. The van der Waals surface area contributed by atoms with Crippen LogP contribution in [0.2, 0.25) is 0 Å². The quantitative estimate of drug-likeness (QED) is 0.729. The van der Waals surface area contributed by atoms with Gasteiger partial charge in [0, 0.05) is 24.6 Å². The summed E-state index contributed by atoms with van der Waals surface area (Å²) in [6.45, 7) is 2.14. The van der Waals surface area contributed by atoms with Crippen molar-refractivity contribution in [2.45, 2.75) is 25.7 Å². The van der Waals surface area contributed by atoms with Gasteiger partial charge in [0.05, 0.1) is 18.5 Å². The van der Waals surface area contributed by atoms with E-state index in [0.717, 1.165) is 60.3 Å². The predicted molar refractivity (Wildman–Crippen MR) is 112 cm³/mol. The van der Waals surface area contributed by atoms with Gasteiger partial charge in [-0.25, -0.2) is 4.68 Å². The molecule has 150 valence electrons. The maximum atomic E-state index is 5.78. The van der Waals surface area contributed by atoms with Crippen LogP contribution in [0.15, 0.2) is 42.5 Å². The van der Waals surface area contributed by atoms with Crippen LogP contribution >= 0.6 is 0 Å². The van der Waals surface area contributed by atoms with Crippen molar-refractivity contribution in [3.05, 3.63) is 59.3 Å². The van der Waals surface area contributed by atoms with Crippen molar-refractivity contribution in [2.24, 2.45) is 0 Å². The minimum Gasteiger partial charge on any atom is -0.497 e. The molecule has 2 aliphatic rings. The second kappa shape index (κ2) is 7.70. The molecule has 0 radical (unpaired) electrons. The molecule has 1 aromatic heterocycles. The molecular weight excluding hydrogens is 366 g/mol. The Bertz CT molecular complexity index is 1010. The second-order valence-electron chi connectivity index (χ2n) is 7.42. The van der Waals surface area contributed by atoms with Gasteiger partial charge in [0.15, 0.2) is 11.5 Å². The summed E-state index contributed by atoms with van der Waals surface area (Å²) >= 11 is 0. The molecule has 0 saturated carbocycles. The van der Waals surface area contributed by atoms with Crippen LogP contribution < -0.4 is 19.5 Å². The van der Waals surface area contributed by atoms with E-state index in [0.29, 0.717) is 13.2 Å². The third kappa shape index (κ3) is 3.50. The van der Waals surface area contributed by atoms with Crippen LogP contribution in [-0.2, 0) is 12.8 Å². The number of ether oxygens (including phenoxy) is 3. The molecule has 3 aromatic rings. The SMILES string of the molecule is COc1ccc(Cc2nn(-c3ccc4c(c3)OCCO4)c3c2CCCCN3)cc1. The Balaban J connectivity index is 1.53. The Hall–Kier alpha value is -3.15. The van der Waals surface area contributed by atoms with E-state index in [-0.39, 0.29) is 0 Å². The molecule has 5 rings (SSSR count). The Morgan fingerprint density at radius 3 is 2.69 bits per heavy atom. The Morgan fingerprint density at radius 2 is 1.86 bits per heavy atom. The molecule has 0 aliphatic carbocycles. The standard InChI is InChI=1S/C23H25N3O3/c1-27-18-8-5-16(6-9-18)14-20-19-4-2-3-11-24-23(19)26(25-20)17-7-10-21-22(15-17)29-13-12-28-21/h5-10,15,24H,2-4,11-14H2,1H3. The van der Waals surface area contributed by atoms with Crippen molar-refractivity contribution in [3.8, 4) is 22.9 Å². The van der Waals surface area contributed by atoms with E-state index in [2.05, 4.69) is 17.4 Å². The van der Waals surface area contributed by atoms with E-state index < -0.39 is 0 Å². The normalized spacial score (nSPS) is 15.2. The van der Waals surface area contributed by atoms with Crippen LogP contribution in [0.1, 0.15) is 29.7 Å². The summed E-state index contributed by atoms with van der Waals surface area (Å²) in [4.78, 5) is 0. The molecule has 0 unspecified atom stereocenters. The third-order valence-corrected chi connectivity index (χ3v) is 5.51. The van der Waals surface area contributed by atoms with Crippen molar-refractivity contribution in [1.29, 1.82) is 0 Å². The van der Waals surface area contributed by atoms with E-state index in [9.17, 15) is 0 Å². The number of methoxy groups -OCH3 is 1. The first-order valence-corrected chi connectivity index (χ1v) is 10.2. The van der Waals surface area contributed by atoms with Crippen molar-refractivity contribution in [3.63, 3.8) is 0 Å². The minimum absolute atomic E-state index is 0.578. The fourth-order valence-electron chi connectivity index (χ4n) is 4.00. The molecule has 2 aromatic carbocycles. The summed E-state index contributed by atoms with van der Waals surface area (Å²) < 4.78 is 18.8. The molecule has 0 atom stereocenters. The van der Waals surface area contributed by atoms with Crippen molar-refractivity contribution in [1.82, 2.24) is 9.78 Å². The molecular formula is C23H25N3O3. The van der Waals surface area contributed by atoms with Gasteiger partial charge in [0.2, 0.25) is 0 Å². The highest BCUT2D eigenvalue weighted by atomic mass is 16.6. The molecule has 0 amide bonds. The van der Waals surface area contributed by atoms with Crippen LogP contribution in [0.5, 0.6) is 17.2 Å². The van der Waals surface area contributed by atoms with Crippen LogP contribution in [0, 0.1) is 0 Å². The zero-order chi connectivity index (χ0) is 19.6. The number of hydrogen-bond acceptors (Lipinski definition) is 5. The van der Waals surface area contributed by atoms with Gasteiger partial charge in [-0.05, 0) is 49.1 Å². The number of rotatable bonds is 4. The van der Waals surface area contributed by atoms with Gasteiger partial charge in [-0.3, -0.25) is 0 Å². The minimum atomic E-state index is 0.578. The molecule has 6 heteroatoms. The maximum absolute atomic E-state index is 5.78. The highest BCUT2D eigenvalue weighted by molar-refractivity contribution is 5.58. The molecule has 6 nitrogen and oxygen atoms in total. The monoisotopic (exact) mass is 391 g/mol. The third-order valence-electron chi connectivity index (χ3n) is 5.51. The van der Waals surface area contributed by atoms with Gasteiger partial charge in [-0.2, -0.15) is 5.10 Å². The maximum Gasteiger partial charge on any atom is 0.163 e. The van der Waals surface area contributed by atoms with E-state index >= 15 is 0 Å². The first-order chi connectivity index (χ1) is 14.3. The van der Waals surface area contributed by atoms with E-state index in [1.807, 2.05) is 35.0 Å². The largest absolute Gasteiger partial charge is 0.497 e. The highest BCUT2D eigenvalue weighted by Gasteiger charge is 2.22. The average molecular weight is 391 g/mol. The van der Waals surface area contributed by atoms with E-state index in [1.165, 1.54) is 17.5 Å². The van der Waals surface area contributed by atoms with Gasteiger partial charge in [-0.1, -0.05) is 12.1 Å². The van der Waals surface area contributed by atoms with Gasteiger partial charge in [-0.15, -0.1) is 0 Å². The van der Waals surface area contributed by atoms with Crippen LogP contribution in [0.25, 0.3) is 5.69 Å². The Morgan fingerprint density at radius 1 is 1.03 bits per heavy atom. The summed E-state index contributed by atoms with van der Waals surface area (Å²) in [5.41, 5.74) is 4.65. The lowest BCUT2D eigenvalue weighted by Gasteiger charge is -2.19. The fraction of sp³-hybridized carbons (Fsp3) is 0.348. The predicted octanol–water partition coefficient (Wildman–Crippen LogP) is 3.99. The summed E-state index contributed by atoms with van der Waals surface area (Å²) in [6, 6.07) is 14.3. The molecule has 0 saturated heterocycles. The summed E-state index contributed by atoms with van der Waals surface area (Å²) in [5.74, 6) is 3.55. The summed E-state index contributed by atoms with van der Waals surface area (Å²) in [7, 11) is 1.69. The summed E-state index contributed by atoms with van der Waals surface area (Å²) in [6.07, 6.45) is 4.17. The topological polar surface area (TPSA) is 57.5 Å². The van der Waals surface area contributed by atoms with Crippen LogP contribution in [-0.4, -0.2) is 36.6 Å². The molecule has 2 aliphatic heterocycles. The summed E-state index contributed by atoms with van der Waals surface area (Å²) in [5, 5.41) is 8.62. The number of anilines is 1. The van der Waals surface area contributed by atoms with E-state index in [4.69, 9.17) is 19.3 Å². The molecule has 0 spiro atoms. The Labute approximate surface area is 170 Å². The van der Waals surface area contributed by atoms with Gasteiger partial charge in [0.1, 0.15) is 24.8 Å². The van der Waals surface area contributed by atoms with Gasteiger partial charge in [0.25, 0.3) is 0 Å². The number of hydrogen-bond donors (Lipinski definition) is 1. The molecule has 0 bridgehead atoms. The van der Waals surface area contributed by atoms with Crippen LogP contribution in [0.4, 0.5) is 5.82 Å². The van der Waals surface area contributed by atoms with Crippen molar-refractivity contribution in [2.75, 3.05) is 32.2 Å². The molecule has 1 N–H and O–H groups in total. The smallest absolute Gasteiger partial charge is 0.163 e. The van der Waals surface area contributed by atoms with E-state index in [1.54, 1.807) is 7.11 Å². The lowest BCUT2D eigenvalue weighted by molar-refractivity contribution is 0.171. The first-order valence-electron chi connectivity index (χ1n) is 10.2. The molecule has 0 fully saturated rings. The second-order valence-corrected chi connectivity index (χ2v) is 7.42. The zero-order valence-electron chi connectivity index (χ0n) is 16.6. The molecule has 29 heavy (non-hydrogen) atoms. The lowest BCUT2D eigenvalue weighted by atomic mass is 10.0. The van der Waals surface area contributed by atoms with Crippen molar-refractivity contribution < 1.29 is 14.2 Å². The van der Waals surface area contributed by atoms with Crippen LogP contribution in [0.3, 0.4) is 0 Å². The molecule has 3 heterocycles. The average Bonchev–Trinajstić information content (AvgIpc) is 2.94. The number of fused-ring (bicyclic) bond motifs is 2. The number of nitrogens with one attached hydrogen (secondary N) is 1. The Kier molecular flexibility index (Phi) is 4.76. The highest BCUT2D eigenvalue weighted by Crippen LogP contribution is 2.35. The number of benzene rings is 2. The number of nitrogens with zero attached hydrogens (tertiary/aromatic N) is 2. The first kappa shape index (κ1) is 17.9. The van der Waals surface area contributed by atoms with Crippen molar-refractivity contribution >= 4 is 5.82 Å². The fourth-order valence-corrected chi connectivity index (χ4v) is 4.00. The zero-order valence-corrected chi connectivity index (χ0v) is 16.6.